The predicted octanol–water partition coefficient (Wildman–Crippen LogP) is 1.28. The lowest BCUT2D eigenvalue weighted by atomic mass is 10.2. The molecule has 0 bridgehead atoms. The lowest BCUT2D eigenvalue weighted by Gasteiger charge is -2.14. The number of alkyl halides is 3. The second kappa shape index (κ2) is 4.48. The molecule has 1 fully saturated rings. The summed E-state index contributed by atoms with van der Waals surface area (Å²) >= 11 is 0. The van der Waals surface area contributed by atoms with Crippen LogP contribution in [0.25, 0.3) is 0 Å². The Morgan fingerprint density at radius 2 is 2.00 bits per heavy atom. The van der Waals surface area contributed by atoms with Crippen molar-refractivity contribution in [3.05, 3.63) is 29.6 Å². The van der Waals surface area contributed by atoms with E-state index in [0.717, 1.165) is 12.3 Å². The van der Waals surface area contributed by atoms with E-state index in [9.17, 15) is 26.4 Å². The van der Waals surface area contributed by atoms with Crippen LogP contribution in [0.15, 0.2) is 18.3 Å². The molecule has 104 valence electrons. The summed E-state index contributed by atoms with van der Waals surface area (Å²) < 4.78 is 60.6. The first kappa shape index (κ1) is 13.8. The van der Waals surface area contributed by atoms with Gasteiger partial charge < -0.3 is 0 Å². The first-order chi connectivity index (χ1) is 8.72. The van der Waals surface area contributed by atoms with Gasteiger partial charge in [-0.15, -0.1) is 0 Å². The minimum absolute atomic E-state index is 0.0438. The van der Waals surface area contributed by atoms with Crippen molar-refractivity contribution < 1.29 is 26.4 Å². The summed E-state index contributed by atoms with van der Waals surface area (Å²) in [6.07, 6.45) is -3.54. The number of amides is 1. The summed E-state index contributed by atoms with van der Waals surface area (Å²) in [7, 11) is -3.64. The molecule has 0 N–H and O–H groups in total. The summed E-state index contributed by atoms with van der Waals surface area (Å²) in [5.41, 5.74) is -1.31. The SMILES string of the molecule is O=C(c1ccc(C(F)(F)F)nc1)N1CCCS1(=O)=O. The predicted molar refractivity (Wildman–Crippen MR) is 58.7 cm³/mol. The molecule has 1 amide bonds. The number of hydrogen-bond acceptors (Lipinski definition) is 4. The van der Waals surface area contributed by atoms with Crippen molar-refractivity contribution in [2.75, 3.05) is 12.3 Å². The fourth-order valence-electron chi connectivity index (χ4n) is 1.70. The Morgan fingerprint density at radius 3 is 2.42 bits per heavy atom. The van der Waals surface area contributed by atoms with Gasteiger partial charge in [0.2, 0.25) is 10.0 Å². The van der Waals surface area contributed by atoms with Gasteiger partial charge >= 0.3 is 6.18 Å². The summed E-state index contributed by atoms with van der Waals surface area (Å²) in [5, 5.41) is 0. The van der Waals surface area contributed by atoms with Crippen LogP contribution in [-0.2, 0) is 16.2 Å². The van der Waals surface area contributed by atoms with Crippen LogP contribution in [0, 0.1) is 0 Å². The van der Waals surface area contributed by atoms with Crippen LogP contribution >= 0.6 is 0 Å². The van der Waals surface area contributed by atoms with Gasteiger partial charge in [-0.3, -0.25) is 9.78 Å². The molecule has 2 rings (SSSR count). The maximum Gasteiger partial charge on any atom is 0.433 e. The van der Waals surface area contributed by atoms with Gasteiger partial charge in [0, 0.05) is 12.7 Å². The van der Waals surface area contributed by atoms with E-state index in [-0.39, 0.29) is 17.9 Å². The van der Waals surface area contributed by atoms with Gasteiger partial charge in [-0.05, 0) is 18.6 Å². The molecule has 0 radical (unpaired) electrons. The lowest BCUT2D eigenvalue weighted by molar-refractivity contribution is -0.141. The smallest absolute Gasteiger partial charge is 0.268 e. The fraction of sp³-hybridized carbons (Fsp3) is 0.400. The van der Waals surface area contributed by atoms with Crippen molar-refractivity contribution in [2.45, 2.75) is 12.6 Å². The molecule has 0 atom stereocenters. The first-order valence-corrected chi connectivity index (χ1v) is 6.91. The zero-order chi connectivity index (χ0) is 14.3. The molecular weight excluding hydrogens is 285 g/mol. The number of carbonyl (C=O) groups excluding carboxylic acids is 1. The van der Waals surface area contributed by atoms with Gasteiger partial charge in [0.1, 0.15) is 5.69 Å². The number of carbonyl (C=O) groups is 1. The van der Waals surface area contributed by atoms with E-state index < -0.39 is 27.8 Å². The molecule has 19 heavy (non-hydrogen) atoms. The highest BCUT2D eigenvalue weighted by atomic mass is 32.2. The molecule has 1 aromatic heterocycles. The average molecular weight is 294 g/mol. The number of pyridine rings is 1. The largest absolute Gasteiger partial charge is 0.433 e. The van der Waals surface area contributed by atoms with E-state index in [1.807, 2.05) is 0 Å². The molecular formula is C10H9F3N2O3S. The minimum Gasteiger partial charge on any atom is -0.268 e. The van der Waals surface area contributed by atoms with Crippen molar-refractivity contribution in [1.29, 1.82) is 0 Å². The molecule has 0 unspecified atom stereocenters. The van der Waals surface area contributed by atoms with Crippen LogP contribution in [0.5, 0.6) is 0 Å². The second-order valence-corrected chi connectivity index (χ2v) is 5.99. The maximum absolute atomic E-state index is 12.3. The quantitative estimate of drug-likeness (QED) is 0.782. The number of halogens is 3. The molecule has 0 saturated carbocycles. The Kier molecular flexibility index (Phi) is 3.25. The zero-order valence-corrected chi connectivity index (χ0v) is 10.3. The Hall–Kier alpha value is -1.64. The summed E-state index contributed by atoms with van der Waals surface area (Å²) in [5.74, 6) is -0.981. The van der Waals surface area contributed by atoms with Crippen molar-refractivity contribution in [2.24, 2.45) is 0 Å². The summed E-state index contributed by atoms with van der Waals surface area (Å²) in [4.78, 5) is 15.0. The Bertz CT molecular complexity index is 595. The monoisotopic (exact) mass is 294 g/mol. The van der Waals surface area contributed by atoms with E-state index in [1.165, 1.54) is 0 Å². The molecule has 9 heteroatoms. The molecule has 1 aliphatic heterocycles. The van der Waals surface area contributed by atoms with Gasteiger partial charge in [-0.2, -0.15) is 13.2 Å². The maximum atomic E-state index is 12.3. The standard InChI is InChI=1S/C10H9F3N2O3S/c11-10(12,13)8-3-2-7(6-14-8)9(16)15-4-1-5-19(15,17)18/h2-3,6H,1,4-5H2. The van der Waals surface area contributed by atoms with Crippen LogP contribution in [0.2, 0.25) is 0 Å². The Morgan fingerprint density at radius 1 is 1.32 bits per heavy atom. The van der Waals surface area contributed by atoms with Crippen LogP contribution in [0.1, 0.15) is 22.5 Å². The summed E-state index contributed by atoms with van der Waals surface area (Å²) in [6.45, 7) is 0.0438. The number of aromatic nitrogens is 1. The van der Waals surface area contributed by atoms with Crippen molar-refractivity contribution in [3.63, 3.8) is 0 Å². The van der Waals surface area contributed by atoms with Crippen molar-refractivity contribution >= 4 is 15.9 Å². The van der Waals surface area contributed by atoms with Crippen LogP contribution in [0.4, 0.5) is 13.2 Å². The fourth-order valence-corrected chi connectivity index (χ4v) is 3.18. The van der Waals surface area contributed by atoms with Crippen LogP contribution in [-0.4, -0.2) is 35.9 Å². The molecule has 1 saturated heterocycles. The van der Waals surface area contributed by atoms with Crippen molar-refractivity contribution in [1.82, 2.24) is 9.29 Å². The zero-order valence-electron chi connectivity index (χ0n) is 9.51. The van der Waals surface area contributed by atoms with Crippen molar-refractivity contribution in [3.8, 4) is 0 Å². The molecule has 2 heterocycles. The normalized spacial score (nSPS) is 18.6. The highest BCUT2D eigenvalue weighted by Gasteiger charge is 2.35. The average Bonchev–Trinajstić information content (AvgIpc) is 2.67. The first-order valence-electron chi connectivity index (χ1n) is 5.30. The van der Waals surface area contributed by atoms with Crippen LogP contribution in [0.3, 0.4) is 0 Å². The molecule has 1 aliphatic rings. The molecule has 0 spiro atoms. The number of nitrogens with zero attached hydrogens (tertiary/aromatic N) is 2. The topological polar surface area (TPSA) is 67.3 Å². The molecule has 5 nitrogen and oxygen atoms in total. The number of hydrogen-bond donors (Lipinski definition) is 0. The van der Waals surface area contributed by atoms with Gasteiger partial charge in [-0.25, -0.2) is 12.7 Å². The molecule has 1 aromatic rings. The Labute approximate surface area is 107 Å². The molecule has 0 aromatic carbocycles. The van der Waals surface area contributed by atoms with E-state index >= 15 is 0 Å². The van der Waals surface area contributed by atoms with E-state index in [1.54, 1.807) is 0 Å². The minimum atomic E-state index is -4.60. The van der Waals surface area contributed by atoms with Gasteiger partial charge in [0.15, 0.2) is 0 Å². The third-order valence-electron chi connectivity index (χ3n) is 2.63. The molecule has 0 aliphatic carbocycles. The van der Waals surface area contributed by atoms with E-state index in [2.05, 4.69) is 4.98 Å². The lowest BCUT2D eigenvalue weighted by Crippen LogP contribution is -2.32. The van der Waals surface area contributed by atoms with Gasteiger partial charge in [0.05, 0.1) is 11.3 Å². The van der Waals surface area contributed by atoms with E-state index in [0.29, 0.717) is 16.8 Å². The highest BCUT2D eigenvalue weighted by molar-refractivity contribution is 7.89. The number of rotatable bonds is 1. The second-order valence-electron chi connectivity index (χ2n) is 3.98. The van der Waals surface area contributed by atoms with Crippen LogP contribution < -0.4 is 0 Å². The third-order valence-corrected chi connectivity index (χ3v) is 4.45. The van der Waals surface area contributed by atoms with Gasteiger partial charge in [-0.1, -0.05) is 0 Å². The number of sulfonamides is 1. The Balaban J connectivity index is 2.26. The van der Waals surface area contributed by atoms with E-state index in [4.69, 9.17) is 0 Å². The summed E-state index contributed by atoms with van der Waals surface area (Å²) in [6, 6.07) is 1.57. The van der Waals surface area contributed by atoms with Gasteiger partial charge in [0.25, 0.3) is 5.91 Å². The third kappa shape index (κ3) is 2.70. The highest BCUT2D eigenvalue weighted by Crippen LogP contribution is 2.27.